The zero-order valence-corrected chi connectivity index (χ0v) is 19.4. The SMILES string of the molecule is Clc1ccc(-c2ccc(N(c3ccccc3)c3cccc4sc5ccccc5c34)cc2)cc1. The summed E-state index contributed by atoms with van der Waals surface area (Å²) < 4.78 is 2.61. The third kappa shape index (κ3) is 3.68. The van der Waals surface area contributed by atoms with Crippen molar-refractivity contribution in [1.29, 1.82) is 0 Å². The topological polar surface area (TPSA) is 3.24 Å². The average molecular weight is 462 g/mol. The minimum atomic E-state index is 0.752. The Hall–Kier alpha value is -3.59. The number of fused-ring (bicyclic) bond motifs is 3. The van der Waals surface area contributed by atoms with Gasteiger partial charge in [-0.05, 0) is 65.7 Å². The van der Waals surface area contributed by atoms with Gasteiger partial charge in [0.1, 0.15) is 0 Å². The van der Waals surface area contributed by atoms with E-state index in [4.69, 9.17) is 11.6 Å². The lowest BCUT2D eigenvalue weighted by Gasteiger charge is -2.26. The summed E-state index contributed by atoms with van der Waals surface area (Å²) in [5.41, 5.74) is 5.78. The van der Waals surface area contributed by atoms with Gasteiger partial charge in [0, 0.05) is 36.6 Å². The highest BCUT2D eigenvalue weighted by molar-refractivity contribution is 7.26. The van der Waals surface area contributed by atoms with Crippen LogP contribution in [0, 0.1) is 0 Å². The van der Waals surface area contributed by atoms with Crippen molar-refractivity contribution in [3.63, 3.8) is 0 Å². The Balaban J connectivity index is 1.54. The summed E-state index contributed by atoms with van der Waals surface area (Å²) in [5, 5.41) is 3.34. The lowest BCUT2D eigenvalue weighted by Crippen LogP contribution is -2.10. The maximum atomic E-state index is 6.08. The van der Waals surface area contributed by atoms with Crippen LogP contribution in [0.15, 0.2) is 121 Å². The molecule has 33 heavy (non-hydrogen) atoms. The number of thiophene rings is 1. The van der Waals surface area contributed by atoms with E-state index in [1.807, 2.05) is 23.5 Å². The zero-order chi connectivity index (χ0) is 22.2. The second-order valence-electron chi connectivity index (χ2n) is 7.97. The van der Waals surface area contributed by atoms with Crippen LogP contribution < -0.4 is 4.90 Å². The van der Waals surface area contributed by atoms with Gasteiger partial charge in [-0.2, -0.15) is 0 Å². The molecule has 0 atom stereocenters. The molecule has 1 heterocycles. The Morgan fingerprint density at radius 1 is 0.515 bits per heavy atom. The summed E-state index contributed by atoms with van der Waals surface area (Å²) in [6, 6.07) is 42.6. The van der Waals surface area contributed by atoms with Crippen LogP contribution in [0.1, 0.15) is 0 Å². The van der Waals surface area contributed by atoms with E-state index in [1.165, 1.54) is 31.4 Å². The number of rotatable bonds is 4. The van der Waals surface area contributed by atoms with E-state index >= 15 is 0 Å². The molecule has 0 amide bonds. The second kappa shape index (κ2) is 8.40. The summed E-state index contributed by atoms with van der Waals surface area (Å²) in [6.07, 6.45) is 0. The Bertz CT molecular complexity index is 1550. The quantitative estimate of drug-likeness (QED) is 0.252. The van der Waals surface area contributed by atoms with Gasteiger partial charge in [0.25, 0.3) is 0 Å². The molecule has 0 bridgehead atoms. The number of benzene rings is 5. The highest BCUT2D eigenvalue weighted by atomic mass is 35.5. The molecule has 5 aromatic carbocycles. The largest absolute Gasteiger partial charge is 0.310 e. The van der Waals surface area contributed by atoms with Crippen LogP contribution in [0.3, 0.4) is 0 Å². The molecule has 1 aromatic heterocycles. The molecule has 0 fully saturated rings. The van der Waals surface area contributed by atoms with Gasteiger partial charge < -0.3 is 4.90 Å². The van der Waals surface area contributed by atoms with Gasteiger partial charge >= 0.3 is 0 Å². The fourth-order valence-electron chi connectivity index (χ4n) is 4.39. The molecule has 158 valence electrons. The van der Waals surface area contributed by atoms with Crippen molar-refractivity contribution in [1.82, 2.24) is 0 Å². The Kier molecular flexibility index (Phi) is 5.10. The molecule has 6 aromatic rings. The van der Waals surface area contributed by atoms with E-state index in [9.17, 15) is 0 Å². The average Bonchev–Trinajstić information content (AvgIpc) is 3.25. The van der Waals surface area contributed by atoms with Crippen molar-refractivity contribution < 1.29 is 0 Å². The van der Waals surface area contributed by atoms with Crippen molar-refractivity contribution in [3.8, 4) is 11.1 Å². The number of halogens is 1. The molecular formula is C30H20ClNS. The molecular weight excluding hydrogens is 442 g/mol. The van der Waals surface area contributed by atoms with Crippen LogP contribution >= 0.6 is 22.9 Å². The van der Waals surface area contributed by atoms with Gasteiger partial charge in [0.05, 0.1) is 5.69 Å². The molecule has 6 rings (SSSR count). The van der Waals surface area contributed by atoms with Crippen molar-refractivity contribution in [3.05, 3.63) is 126 Å². The van der Waals surface area contributed by atoms with Gasteiger partial charge in [-0.3, -0.25) is 0 Å². The lowest BCUT2D eigenvalue weighted by atomic mass is 10.0. The maximum absolute atomic E-state index is 6.08. The number of anilines is 3. The minimum absolute atomic E-state index is 0.752. The van der Waals surface area contributed by atoms with Crippen molar-refractivity contribution in [2.24, 2.45) is 0 Å². The Morgan fingerprint density at radius 3 is 1.88 bits per heavy atom. The van der Waals surface area contributed by atoms with Crippen molar-refractivity contribution in [2.45, 2.75) is 0 Å². The van der Waals surface area contributed by atoms with E-state index in [0.29, 0.717) is 0 Å². The molecule has 0 aliphatic rings. The third-order valence-electron chi connectivity index (χ3n) is 5.94. The summed E-state index contributed by atoms with van der Waals surface area (Å²) in [4.78, 5) is 2.35. The van der Waals surface area contributed by atoms with Gasteiger partial charge in [0.15, 0.2) is 0 Å². The van der Waals surface area contributed by atoms with Crippen molar-refractivity contribution in [2.75, 3.05) is 4.90 Å². The number of nitrogens with zero attached hydrogens (tertiary/aromatic N) is 1. The second-order valence-corrected chi connectivity index (χ2v) is 9.49. The summed E-state index contributed by atoms with van der Waals surface area (Å²) in [7, 11) is 0. The third-order valence-corrected chi connectivity index (χ3v) is 7.33. The molecule has 0 saturated carbocycles. The molecule has 1 nitrogen and oxygen atoms in total. The first kappa shape index (κ1) is 20.0. The van der Waals surface area contributed by atoms with E-state index in [1.54, 1.807) is 0 Å². The van der Waals surface area contributed by atoms with Crippen LogP contribution in [-0.2, 0) is 0 Å². The minimum Gasteiger partial charge on any atom is -0.310 e. The van der Waals surface area contributed by atoms with E-state index < -0.39 is 0 Å². The Labute approximate surface area is 202 Å². The van der Waals surface area contributed by atoms with Crippen LogP contribution in [0.4, 0.5) is 17.1 Å². The summed E-state index contributed by atoms with van der Waals surface area (Å²) >= 11 is 7.92. The molecule has 0 aliphatic heterocycles. The molecule has 0 spiro atoms. The lowest BCUT2D eigenvalue weighted by molar-refractivity contribution is 1.30. The standard InChI is InChI=1S/C30H20ClNS/c31-23-17-13-21(14-18-23)22-15-19-25(20-16-22)32(24-7-2-1-3-8-24)27-10-6-12-29-30(27)26-9-4-5-11-28(26)33-29/h1-20H. The van der Waals surface area contributed by atoms with Gasteiger partial charge in [-0.15, -0.1) is 11.3 Å². The number of hydrogen-bond acceptors (Lipinski definition) is 2. The van der Waals surface area contributed by atoms with Crippen LogP contribution in [0.25, 0.3) is 31.3 Å². The number of hydrogen-bond donors (Lipinski definition) is 0. The summed E-state index contributed by atoms with van der Waals surface area (Å²) in [5.74, 6) is 0. The summed E-state index contributed by atoms with van der Waals surface area (Å²) in [6.45, 7) is 0. The van der Waals surface area contributed by atoms with Gasteiger partial charge in [-0.25, -0.2) is 0 Å². The van der Waals surface area contributed by atoms with Crippen LogP contribution in [0.5, 0.6) is 0 Å². The first-order chi connectivity index (χ1) is 16.3. The Morgan fingerprint density at radius 2 is 1.12 bits per heavy atom. The van der Waals surface area contributed by atoms with Crippen LogP contribution in [0.2, 0.25) is 5.02 Å². The molecule has 0 saturated heterocycles. The van der Waals surface area contributed by atoms with Crippen LogP contribution in [-0.4, -0.2) is 0 Å². The van der Waals surface area contributed by atoms with Gasteiger partial charge in [0.2, 0.25) is 0 Å². The fourth-order valence-corrected chi connectivity index (χ4v) is 5.64. The smallest absolute Gasteiger partial charge is 0.0554 e. The predicted octanol–water partition coefficient (Wildman–Crippen LogP) is 9.84. The first-order valence-corrected chi connectivity index (χ1v) is 12.1. The first-order valence-electron chi connectivity index (χ1n) is 10.9. The fraction of sp³-hybridized carbons (Fsp3) is 0. The van der Waals surface area contributed by atoms with E-state index in [2.05, 4.69) is 114 Å². The number of para-hydroxylation sites is 1. The maximum Gasteiger partial charge on any atom is 0.0554 e. The van der Waals surface area contributed by atoms with E-state index in [0.717, 1.165) is 22.0 Å². The molecule has 0 unspecified atom stereocenters. The molecule has 0 aliphatic carbocycles. The highest BCUT2D eigenvalue weighted by Crippen LogP contribution is 2.44. The monoisotopic (exact) mass is 461 g/mol. The predicted molar refractivity (Wildman–Crippen MR) is 144 cm³/mol. The highest BCUT2D eigenvalue weighted by Gasteiger charge is 2.18. The normalized spacial score (nSPS) is 11.2. The van der Waals surface area contributed by atoms with Crippen molar-refractivity contribution >= 4 is 60.2 Å². The van der Waals surface area contributed by atoms with E-state index in [-0.39, 0.29) is 0 Å². The zero-order valence-electron chi connectivity index (χ0n) is 17.8. The van der Waals surface area contributed by atoms with Gasteiger partial charge in [-0.1, -0.05) is 78.3 Å². The molecule has 3 heteroatoms. The molecule has 0 N–H and O–H groups in total. The molecule has 0 radical (unpaired) electrons.